The standard InChI is InChI=1S/C13H9ClF3N5S/c14-8-4-7(13(15,16)17)5-18-11(8)19-6-10-20-12(22-21-10)9-2-1-3-23-9/h1-5H,6H2,(H,18,19)(H,20,21,22). The van der Waals surface area contributed by atoms with Crippen molar-refractivity contribution < 1.29 is 13.2 Å². The Kier molecular flexibility index (Phi) is 4.22. The van der Waals surface area contributed by atoms with Gasteiger partial charge < -0.3 is 5.32 Å². The number of anilines is 1. The molecule has 0 unspecified atom stereocenters. The third-order valence-corrected chi connectivity index (χ3v) is 4.02. The average Bonchev–Trinajstić information content (AvgIpc) is 3.16. The second-order valence-corrected chi connectivity index (χ2v) is 5.84. The molecule has 0 saturated carbocycles. The monoisotopic (exact) mass is 359 g/mol. The van der Waals surface area contributed by atoms with E-state index in [1.807, 2.05) is 17.5 Å². The number of aromatic amines is 1. The minimum absolute atomic E-state index is 0.113. The van der Waals surface area contributed by atoms with Gasteiger partial charge in [-0.2, -0.15) is 18.3 Å². The lowest BCUT2D eigenvalue weighted by Gasteiger charge is -2.09. The van der Waals surface area contributed by atoms with Crippen molar-refractivity contribution in [2.45, 2.75) is 12.7 Å². The molecule has 23 heavy (non-hydrogen) atoms. The van der Waals surface area contributed by atoms with Crippen LogP contribution >= 0.6 is 22.9 Å². The Bertz CT molecular complexity index is 800. The number of aromatic nitrogens is 4. The fraction of sp³-hybridized carbons (Fsp3) is 0.154. The third-order valence-electron chi connectivity index (χ3n) is 2.87. The largest absolute Gasteiger partial charge is 0.417 e. The van der Waals surface area contributed by atoms with Crippen LogP contribution in [0.15, 0.2) is 29.8 Å². The van der Waals surface area contributed by atoms with E-state index in [0.29, 0.717) is 11.6 Å². The highest BCUT2D eigenvalue weighted by Gasteiger charge is 2.31. The third kappa shape index (κ3) is 3.62. The predicted molar refractivity (Wildman–Crippen MR) is 81.3 cm³/mol. The van der Waals surface area contributed by atoms with Crippen LogP contribution in [0.4, 0.5) is 19.0 Å². The molecule has 3 rings (SSSR count). The summed E-state index contributed by atoms with van der Waals surface area (Å²) >= 11 is 7.32. The first-order chi connectivity index (χ1) is 10.9. The van der Waals surface area contributed by atoms with Crippen LogP contribution in [-0.2, 0) is 12.7 Å². The molecule has 0 aliphatic rings. The summed E-state index contributed by atoms with van der Waals surface area (Å²) in [7, 11) is 0. The molecular weight excluding hydrogens is 351 g/mol. The molecule has 0 aliphatic carbocycles. The Hall–Kier alpha value is -2.13. The summed E-state index contributed by atoms with van der Waals surface area (Å²) in [5, 5.41) is 11.4. The van der Waals surface area contributed by atoms with Crippen molar-refractivity contribution in [1.82, 2.24) is 20.2 Å². The van der Waals surface area contributed by atoms with Crippen molar-refractivity contribution in [2.24, 2.45) is 0 Å². The highest BCUT2D eigenvalue weighted by molar-refractivity contribution is 7.13. The van der Waals surface area contributed by atoms with Crippen LogP contribution in [0.1, 0.15) is 11.4 Å². The van der Waals surface area contributed by atoms with E-state index >= 15 is 0 Å². The lowest BCUT2D eigenvalue weighted by atomic mass is 10.3. The fourth-order valence-corrected chi connectivity index (χ4v) is 2.67. The van der Waals surface area contributed by atoms with Gasteiger partial charge in [0.2, 0.25) is 0 Å². The summed E-state index contributed by atoms with van der Waals surface area (Å²) in [5.41, 5.74) is -0.896. The summed E-state index contributed by atoms with van der Waals surface area (Å²) in [4.78, 5) is 8.89. The fourth-order valence-electron chi connectivity index (χ4n) is 1.78. The first kappa shape index (κ1) is 15.8. The summed E-state index contributed by atoms with van der Waals surface area (Å²) < 4.78 is 37.6. The van der Waals surface area contributed by atoms with Crippen LogP contribution in [0.25, 0.3) is 10.7 Å². The number of nitrogens with zero attached hydrogens (tertiary/aromatic N) is 3. The van der Waals surface area contributed by atoms with E-state index in [-0.39, 0.29) is 17.4 Å². The van der Waals surface area contributed by atoms with E-state index in [4.69, 9.17) is 11.6 Å². The first-order valence-corrected chi connectivity index (χ1v) is 7.61. The average molecular weight is 360 g/mol. The van der Waals surface area contributed by atoms with Gasteiger partial charge in [0.05, 0.1) is 22.0 Å². The van der Waals surface area contributed by atoms with Gasteiger partial charge in [0.1, 0.15) is 11.6 Å². The molecular formula is C13H9ClF3N5S. The molecule has 2 N–H and O–H groups in total. The van der Waals surface area contributed by atoms with Crippen molar-refractivity contribution in [2.75, 3.05) is 5.32 Å². The van der Waals surface area contributed by atoms with Crippen molar-refractivity contribution in [3.8, 4) is 10.7 Å². The Balaban J connectivity index is 1.69. The molecule has 0 aliphatic heterocycles. The van der Waals surface area contributed by atoms with Gasteiger partial charge in [0, 0.05) is 6.20 Å². The highest BCUT2D eigenvalue weighted by atomic mass is 35.5. The molecule has 0 atom stereocenters. The number of rotatable bonds is 4. The van der Waals surface area contributed by atoms with E-state index in [1.165, 1.54) is 11.3 Å². The number of H-pyrrole nitrogens is 1. The minimum Gasteiger partial charge on any atom is -0.362 e. The summed E-state index contributed by atoms with van der Waals surface area (Å²) in [6, 6.07) is 4.61. The Labute approximate surface area is 137 Å². The van der Waals surface area contributed by atoms with E-state index in [2.05, 4.69) is 25.5 Å². The van der Waals surface area contributed by atoms with Gasteiger partial charge in [0.15, 0.2) is 5.82 Å². The van der Waals surface area contributed by atoms with Gasteiger partial charge in [-0.25, -0.2) is 9.97 Å². The van der Waals surface area contributed by atoms with Gasteiger partial charge in [-0.05, 0) is 17.5 Å². The SMILES string of the molecule is FC(F)(F)c1cnc(NCc2nc(-c3cccs3)n[nH]2)c(Cl)c1. The number of halogens is 4. The molecule has 3 aromatic heterocycles. The van der Waals surface area contributed by atoms with Crippen molar-refractivity contribution in [3.63, 3.8) is 0 Å². The van der Waals surface area contributed by atoms with Gasteiger partial charge >= 0.3 is 6.18 Å². The van der Waals surface area contributed by atoms with Crippen LogP contribution in [0, 0.1) is 0 Å². The first-order valence-electron chi connectivity index (χ1n) is 6.35. The quantitative estimate of drug-likeness (QED) is 0.732. The normalized spacial score (nSPS) is 11.7. The van der Waals surface area contributed by atoms with Crippen molar-refractivity contribution in [3.05, 3.63) is 46.2 Å². The Morgan fingerprint density at radius 3 is 2.83 bits per heavy atom. The van der Waals surface area contributed by atoms with Crippen LogP contribution in [0.3, 0.4) is 0 Å². The number of hydrogen-bond acceptors (Lipinski definition) is 5. The highest BCUT2D eigenvalue weighted by Crippen LogP contribution is 2.32. The van der Waals surface area contributed by atoms with Crippen molar-refractivity contribution in [1.29, 1.82) is 0 Å². The van der Waals surface area contributed by atoms with E-state index in [1.54, 1.807) is 0 Å². The summed E-state index contributed by atoms with van der Waals surface area (Å²) in [6.07, 6.45) is -3.75. The molecule has 0 radical (unpaired) electrons. The summed E-state index contributed by atoms with van der Waals surface area (Å²) in [5.74, 6) is 1.23. The van der Waals surface area contributed by atoms with Gasteiger partial charge in [-0.1, -0.05) is 17.7 Å². The van der Waals surface area contributed by atoms with Crippen LogP contribution in [0.2, 0.25) is 5.02 Å². The zero-order valence-electron chi connectivity index (χ0n) is 11.4. The minimum atomic E-state index is -4.48. The topological polar surface area (TPSA) is 66.5 Å². The molecule has 3 heterocycles. The number of alkyl halides is 3. The lowest BCUT2D eigenvalue weighted by molar-refractivity contribution is -0.137. The number of pyridine rings is 1. The maximum absolute atomic E-state index is 12.5. The smallest absolute Gasteiger partial charge is 0.362 e. The predicted octanol–water partition coefficient (Wildman–Crippen LogP) is 4.21. The lowest BCUT2D eigenvalue weighted by Crippen LogP contribution is -2.08. The molecule has 0 spiro atoms. The van der Waals surface area contributed by atoms with Crippen LogP contribution in [0.5, 0.6) is 0 Å². The van der Waals surface area contributed by atoms with Gasteiger partial charge in [0.25, 0.3) is 0 Å². The molecule has 10 heteroatoms. The summed E-state index contributed by atoms with van der Waals surface area (Å²) in [6.45, 7) is 0.205. The molecule has 5 nitrogen and oxygen atoms in total. The zero-order chi connectivity index (χ0) is 16.4. The van der Waals surface area contributed by atoms with E-state index < -0.39 is 11.7 Å². The molecule has 0 fully saturated rings. The molecule has 0 amide bonds. The number of thiophene rings is 1. The second kappa shape index (κ2) is 6.17. The molecule has 0 aromatic carbocycles. The number of nitrogens with one attached hydrogen (secondary N) is 2. The van der Waals surface area contributed by atoms with Crippen molar-refractivity contribution >= 4 is 28.8 Å². The Morgan fingerprint density at radius 2 is 2.17 bits per heavy atom. The van der Waals surface area contributed by atoms with E-state index in [0.717, 1.165) is 17.1 Å². The Morgan fingerprint density at radius 1 is 1.35 bits per heavy atom. The molecule has 0 saturated heterocycles. The molecule has 120 valence electrons. The van der Waals surface area contributed by atoms with Crippen LogP contribution < -0.4 is 5.32 Å². The van der Waals surface area contributed by atoms with E-state index in [9.17, 15) is 13.2 Å². The second-order valence-electron chi connectivity index (χ2n) is 4.49. The molecule has 3 aromatic rings. The maximum atomic E-state index is 12.5. The van der Waals surface area contributed by atoms with Crippen LogP contribution in [-0.4, -0.2) is 20.2 Å². The number of hydrogen-bond donors (Lipinski definition) is 2. The van der Waals surface area contributed by atoms with Gasteiger partial charge in [-0.15, -0.1) is 11.3 Å². The molecule has 0 bridgehead atoms. The zero-order valence-corrected chi connectivity index (χ0v) is 12.9. The maximum Gasteiger partial charge on any atom is 0.417 e. The van der Waals surface area contributed by atoms with Gasteiger partial charge in [-0.3, -0.25) is 5.10 Å².